The SMILES string of the molecule is COc1ccc2c(c1)c(C(=O)CSc1nnc(-c3cccs3)c(-c3cccs3)n1)c(C)n2C. The molecule has 5 rings (SSSR count). The second-order valence-electron chi connectivity index (χ2n) is 7.36. The summed E-state index contributed by atoms with van der Waals surface area (Å²) < 4.78 is 7.41. The zero-order valence-electron chi connectivity index (χ0n) is 18.2. The van der Waals surface area contributed by atoms with Crippen molar-refractivity contribution in [3.63, 3.8) is 0 Å². The zero-order valence-corrected chi connectivity index (χ0v) is 20.7. The largest absolute Gasteiger partial charge is 0.497 e. The number of ether oxygens (including phenoxy) is 1. The van der Waals surface area contributed by atoms with Gasteiger partial charge in [-0.2, -0.15) is 0 Å². The molecule has 0 atom stereocenters. The number of rotatable bonds is 7. The number of carbonyl (C=O) groups is 1. The van der Waals surface area contributed by atoms with E-state index in [-0.39, 0.29) is 11.5 Å². The number of ketones is 1. The van der Waals surface area contributed by atoms with Crippen LogP contribution in [0.4, 0.5) is 0 Å². The van der Waals surface area contributed by atoms with E-state index in [0.717, 1.165) is 43.5 Å². The zero-order chi connectivity index (χ0) is 22.9. The van der Waals surface area contributed by atoms with Gasteiger partial charge in [0.05, 0.1) is 22.6 Å². The second kappa shape index (κ2) is 9.09. The lowest BCUT2D eigenvalue weighted by atomic mass is 10.1. The third-order valence-electron chi connectivity index (χ3n) is 5.49. The van der Waals surface area contributed by atoms with E-state index in [1.807, 2.05) is 71.8 Å². The Morgan fingerprint density at radius 2 is 1.79 bits per heavy atom. The maximum Gasteiger partial charge on any atom is 0.210 e. The average Bonchev–Trinajstić information content (AvgIpc) is 3.60. The highest BCUT2D eigenvalue weighted by Crippen LogP contribution is 2.35. The van der Waals surface area contributed by atoms with E-state index in [1.165, 1.54) is 11.8 Å². The summed E-state index contributed by atoms with van der Waals surface area (Å²) in [5.74, 6) is 0.980. The molecule has 0 amide bonds. The van der Waals surface area contributed by atoms with Crippen LogP contribution in [-0.2, 0) is 7.05 Å². The first-order valence-corrected chi connectivity index (χ1v) is 12.9. The van der Waals surface area contributed by atoms with E-state index in [1.54, 1.807) is 29.8 Å². The number of carbonyl (C=O) groups excluding carboxylic acids is 1. The van der Waals surface area contributed by atoms with E-state index in [9.17, 15) is 4.79 Å². The summed E-state index contributed by atoms with van der Waals surface area (Å²) >= 11 is 4.53. The molecule has 0 aliphatic carbocycles. The van der Waals surface area contributed by atoms with Gasteiger partial charge in [-0.05, 0) is 48.0 Å². The molecule has 1 aromatic carbocycles. The minimum Gasteiger partial charge on any atom is -0.497 e. The molecule has 0 saturated carbocycles. The second-order valence-corrected chi connectivity index (χ2v) is 10.2. The monoisotopic (exact) mass is 492 g/mol. The highest BCUT2D eigenvalue weighted by molar-refractivity contribution is 7.99. The van der Waals surface area contributed by atoms with Crippen LogP contribution in [0.5, 0.6) is 5.75 Å². The predicted molar refractivity (Wildman–Crippen MR) is 136 cm³/mol. The van der Waals surface area contributed by atoms with Crippen molar-refractivity contribution in [2.24, 2.45) is 7.05 Å². The Kier molecular flexibility index (Phi) is 6.01. The molecule has 0 spiro atoms. The fourth-order valence-electron chi connectivity index (χ4n) is 3.77. The third kappa shape index (κ3) is 4.07. The van der Waals surface area contributed by atoms with Crippen LogP contribution in [-0.4, -0.2) is 38.4 Å². The van der Waals surface area contributed by atoms with Gasteiger partial charge in [0.25, 0.3) is 0 Å². The molecule has 6 nitrogen and oxygen atoms in total. The number of thioether (sulfide) groups is 1. The maximum atomic E-state index is 13.3. The highest BCUT2D eigenvalue weighted by atomic mass is 32.2. The number of fused-ring (bicyclic) bond motifs is 1. The van der Waals surface area contributed by atoms with Crippen LogP contribution in [0.25, 0.3) is 32.0 Å². The molecule has 5 aromatic rings. The van der Waals surface area contributed by atoms with Crippen molar-refractivity contribution in [2.45, 2.75) is 12.1 Å². The molecule has 0 N–H and O–H groups in total. The van der Waals surface area contributed by atoms with Gasteiger partial charge in [0.2, 0.25) is 5.16 Å². The Balaban J connectivity index is 1.45. The number of hydrogen-bond donors (Lipinski definition) is 0. The van der Waals surface area contributed by atoms with Gasteiger partial charge in [-0.25, -0.2) is 4.98 Å². The van der Waals surface area contributed by atoms with E-state index >= 15 is 0 Å². The van der Waals surface area contributed by atoms with Crippen molar-refractivity contribution in [1.82, 2.24) is 19.7 Å². The number of hydrogen-bond acceptors (Lipinski definition) is 8. The lowest BCUT2D eigenvalue weighted by molar-refractivity contribution is 0.102. The normalized spacial score (nSPS) is 11.2. The Morgan fingerprint density at radius 3 is 2.45 bits per heavy atom. The summed E-state index contributed by atoms with van der Waals surface area (Å²) in [6.45, 7) is 1.97. The Bertz CT molecular complexity index is 1440. The van der Waals surface area contributed by atoms with E-state index in [0.29, 0.717) is 10.7 Å². The van der Waals surface area contributed by atoms with Gasteiger partial charge < -0.3 is 9.30 Å². The third-order valence-corrected chi connectivity index (χ3v) is 8.08. The molecule has 9 heteroatoms. The molecule has 0 bridgehead atoms. The van der Waals surface area contributed by atoms with Crippen LogP contribution >= 0.6 is 34.4 Å². The van der Waals surface area contributed by atoms with Crippen molar-refractivity contribution < 1.29 is 9.53 Å². The molecule has 0 radical (unpaired) electrons. The van der Waals surface area contributed by atoms with Gasteiger partial charge in [0.15, 0.2) is 5.78 Å². The van der Waals surface area contributed by atoms with Crippen LogP contribution in [0.3, 0.4) is 0 Å². The Labute approximate surface area is 203 Å². The molecule has 33 heavy (non-hydrogen) atoms. The van der Waals surface area contributed by atoms with Crippen LogP contribution in [0.15, 0.2) is 58.4 Å². The molecule has 0 fully saturated rings. The van der Waals surface area contributed by atoms with Crippen LogP contribution < -0.4 is 4.74 Å². The number of thiophene rings is 2. The summed E-state index contributed by atoms with van der Waals surface area (Å²) in [4.78, 5) is 20.1. The summed E-state index contributed by atoms with van der Waals surface area (Å²) in [6, 6.07) is 13.8. The molecule has 0 saturated heterocycles. The minimum atomic E-state index is 0.0277. The van der Waals surface area contributed by atoms with Crippen LogP contribution in [0, 0.1) is 6.92 Å². The predicted octanol–water partition coefficient (Wildman–Crippen LogP) is 6.11. The quantitative estimate of drug-likeness (QED) is 0.202. The molecule has 4 aromatic heterocycles. The number of aryl methyl sites for hydroxylation is 1. The highest BCUT2D eigenvalue weighted by Gasteiger charge is 2.21. The summed E-state index contributed by atoms with van der Waals surface area (Å²) in [7, 11) is 3.60. The van der Waals surface area contributed by atoms with Gasteiger partial charge in [-0.1, -0.05) is 23.9 Å². The number of nitrogens with zero attached hydrogens (tertiary/aromatic N) is 4. The van der Waals surface area contributed by atoms with Crippen molar-refractivity contribution in [3.05, 3.63) is 64.5 Å². The Morgan fingerprint density at radius 1 is 1.06 bits per heavy atom. The lowest BCUT2D eigenvalue weighted by Gasteiger charge is -2.07. The maximum absolute atomic E-state index is 13.3. The summed E-state index contributed by atoms with van der Waals surface area (Å²) in [5, 5.41) is 14.2. The van der Waals surface area contributed by atoms with Crippen molar-refractivity contribution in [3.8, 4) is 26.9 Å². The first-order valence-electron chi connectivity index (χ1n) is 10.2. The molecule has 166 valence electrons. The topological polar surface area (TPSA) is 69.9 Å². The smallest absolute Gasteiger partial charge is 0.210 e. The molecule has 0 aliphatic rings. The van der Waals surface area contributed by atoms with Crippen LogP contribution in [0.2, 0.25) is 0 Å². The first kappa shape index (κ1) is 21.8. The van der Waals surface area contributed by atoms with Crippen molar-refractivity contribution in [1.29, 1.82) is 0 Å². The van der Waals surface area contributed by atoms with E-state index < -0.39 is 0 Å². The fourth-order valence-corrected chi connectivity index (χ4v) is 5.85. The number of Topliss-reactive ketones (excluding diaryl/α,β-unsaturated/α-hetero) is 1. The van der Waals surface area contributed by atoms with Crippen molar-refractivity contribution in [2.75, 3.05) is 12.9 Å². The molecular formula is C24H20N4O2S3. The Hall–Kier alpha value is -3.01. The number of methoxy groups -OCH3 is 1. The van der Waals surface area contributed by atoms with Crippen LogP contribution in [0.1, 0.15) is 16.1 Å². The fraction of sp³-hybridized carbons (Fsp3) is 0.167. The molecule has 4 heterocycles. The number of benzene rings is 1. The minimum absolute atomic E-state index is 0.0277. The lowest BCUT2D eigenvalue weighted by Crippen LogP contribution is -2.06. The van der Waals surface area contributed by atoms with Gasteiger partial charge in [-0.3, -0.25) is 4.79 Å². The van der Waals surface area contributed by atoms with E-state index in [2.05, 4.69) is 10.2 Å². The van der Waals surface area contributed by atoms with Gasteiger partial charge >= 0.3 is 0 Å². The standard InChI is InChI=1S/C24H20N4O2S3/c1-14-21(16-12-15(30-3)8-9-17(16)28(14)2)18(29)13-33-24-25-22(19-6-4-10-31-19)23(26-27-24)20-7-5-11-32-20/h4-12H,13H2,1-3H3. The summed E-state index contributed by atoms with van der Waals surface area (Å²) in [6.07, 6.45) is 0. The van der Waals surface area contributed by atoms with Gasteiger partial charge in [-0.15, -0.1) is 32.9 Å². The number of aromatic nitrogens is 4. The van der Waals surface area contributed by atoms with Crippen molar-refractivity contribution >= 4 is 51.1 Å². The molecule has 0 aliphatic heterocycles. The molecule has 0 unspecified atom stereocenters. The van der Waals surface area contributed by atoms with Gasteiger partial charge in [0, 0.05) is 29.2 Å². The molecular weight excluding hydrogens is 472 g/mol. The van der Waals surface area contributed by atoms with Gasteiger partial charge in [0.1, 0.15) is 17.1 Å². The van der Waals surface area contributed by atoms with E-state index in [4.69, 9.17) is 9.72 Å². The summed E-state index contributed by atoms with van der Waals surface area (Å²) in [5.41, 5.74) is 4.19. The average molecular weight is 493 g/mol. The first-order chi connectivity index (χ1) is 16.1.